The molecule has 0 aliphatic heterocycles. The highest BCUT2D eigenvalue weighted by atomic mass is 16.6. The standard InChI is InChI=1S/C20H27NO4/c1-6-24-19(22)18(20(23)25-7-2)17(13(3)4)15-12-21(5)16-11-9-8-10-14(15)16/h8-13,17-18H,6-7H2,1-5H3. The zero-order valence-electron chi connectivity index (χ0n) is 15.6. The van der Waals surface area contributed by atoms with E-state index in [-0.39, 0.29) is 25.0 Å². The number of carbonyl (C=O) groups excluding carboxylic acids is 2. The smallest absolute Gasteiger partial charge is 0.320 e. The van der Waals surface area contributed by atoms with Gasteiger partial charge in [0.1, 0.15) is 0 Å². The van der Waals surface area contributed by atoms with Gasteiger partial charge >= 0.3 is 11.9 Å². The van der Waals surface area contributed by atoms with E-state index >= 15 is 0 Å². The lowest BCUT2D eigenvalue weighted by atomic mass is 9.78. The predicted molar refractivity (Wildman–Crippen MR) is 97.3 cm³/mol. The van der Waals surface area contributed by atoms with Crippen LogP contribution in [0.15, 0.2) is 30.5 Å². The summed E-state index contributed by atoms with van der Waals surface area (Å²) in [7, 11) is 1.97. The lowest BCUT2D eigenvalue weighted by Crippen LogP contribution is -2.35. The number of rotatable bonds is 7. The van der Waals surface area contributed by atoms with E-state index in [0.29, 0.717) is 0 Å². The Balaban J connectivity index is 2.59. The third-order valence-electron chi connectivity index (χ3n) is 4.45. The van der Waals surface area contributed by atoms with Gasteiger partial charge in [0.2, 0.25) is 0 Å². The number of fused-ring (bicyclic) bond motifs is 1. The molecule has 1 aromatic carbocycles. The van der Waals surface area contributed by atoms with Gasteiger partial charge in [-0.15, -0.1) is 0 Å². The molecule has 1 atom stereocenters. The first-order chi connectivity index (χ1) is 11.9. The van der Waals surface area contributed by atoms with E-state index in [1.165, 1.54) is 0 Å². The van der Waals surface area contributed by atoms with Crippen LogP contribution in [0.3, 0.4) is 0 Å². The molecule has 0 saturated carbocycles. The molecule has 0 radical (unpaired) electrons. The van der Waals surface area contributed by atoms with Crippen molar-refractivity contribution in [1.82, 2.24) is 4.57 Å². The Morgan fingerprint density at radius 3 is 2.12 bits per heavy atom. The first-order valence-corrected chi connectivity index (χ1v) is 8.79. The number of aromatic nitrogens is 1. The van der Waals surface area contributed by atoms with Crippen LogP contribution in [0.1, 0.15) is 39.2 Å². The van der Waals surface area contributed by atoms with Crippen LogP contribution in [-0.4, -0.2) is 29.7 Å². The van der Waals surface area contributed by atoms with Crippen LogP contribution < -0.4 is 0 Å². The van der Waals surface area contributed by atoms with Crippen LogP contribution in [0.25, 0.3) is 10.9 Å². The van der Waals surface area contributed by atoms with Gasteiger partial charge in [0.05, 0.1) is 13.2 Å². The molecule has 0 amide bonds. The summed E-state index contributed by atoms with van der Waals surface area (Å²) in [6, 6.07) is 7.99. The van der Waals surface area contributed by atoms with E-state index in [2.05, 4.69) is 0 Å². The van der Waals surface area contributed by atoms with Crippen molar-refractivity contribution in [3.8, 4) is 0 Å². The molecule has 0 saturated heterocycles. The SMILES string of the molecule is CCOC(=O)C(C(=O)OCC)C(c1cn(C)c2ccccc12)C(C)C. The van der Waals surface area contributed by atoms with Crippen molar-refractivity contribution in [3.05, 3.63) is 36.0 Å². The number of ether oxygens (including phenoxy) is 2. The summed E-state index contributed by atoms with van der Waals surface area (Å²) in [5.74, 6) is -2.26. The maximum absolute atomic E-state index is 12.6. The van der Waals surface area contributed by atoms with Crippen LogP contribution in [0.5, 0.6) is 0 Å². The Kier molecular flexibility index (Phi) is 6.23. The van der Waals surface area contributed by atoms with Crippen LogP contribution >= 0.6 is 0 Å². The second kappa shape index (κ2) is 8.19. The van der Waals surface area contributed by atoms with E-state index in [9.17, 15) is 9.59 Å². The summed E-state index contributed by atoms with van der Waals surface area (Å²) in [5.41, 5.74) is 2.04. The molecule has 136 valence electrons. The highest BCUT2D eigenvalue weighted by Gasteiger charge is 2.41. The molecule has 1 aromatic heterocycles. The fraction of sp³-hybridized carbons (Fsp3) is 0.500. The van der Waals surface area contributed by atoms with Gasteiger partial charge in [-0.25, -0.2) is 0 Å². The molecular formula is C20H27NO4. The predicted octanol–water partition coefficient (Wildman–Crippen LogP) is 3.66. The molecule has 0 aliphatic carbocycles. The number of hydrogen-bond acceptors (Lipinski definition) is 4. The summed E-state index contributed by atoms with van der Waals surface area (Å²) in [6.07, 6.45) is 2.00. The van der Waals surface area contributed by atoms with Crippen molar-refractivity contribution >= 4 is 22.8 Å². The van der Waals surface area contributed by atoms with Gasteiger partial charge in [-0.05, 0) is 31.4 Å². The van der Waals surface area contributed by atoms with Crippen molar-refractivity contribution in [2.75, 3.05) is 13.2 Å². The minimum Gasteiger partial charge on any atom is -0.465 e. The number of nitrogens with zero attached hydrogens (tertiary/aromatic N) is 1. The summed E-state index contributed by atoms with van der Waals surface area (Å²) in [4.78, 5) is 25.2. The minimum atomic E-state index is -0.967. The lowest BCUT2D eigenvalue weighted by molar-refractivity contribution is -0.163. The molecule has 0 aliphatic rings. The number of esters is 2. The van der Waals surface area contributed by atoms with E-state index < -0.39 is 17.9 Å². The van der Waals surface area contributed by atoms with Gasteiger partial charge in [0.15, 0.2) is 5.92 Å². The number of hydrogen-bond donors (Lipinski definition) is 0. The molecule has 1 unspecified atom stereocenters. The topological polar surface area (TPSA) is 57.5 Å². The van der Waals surface area contributed by atoms with Crippen molar-refractivity contribution in [3.63, 3.8) is 0 Å². The van der Waals surface area contributed by atoms with E-state index in [1.807, 2.05) is 55.9 Å². The van der Waals surface area contributed by atoms with Gasteiger partial charge < -0.3 is 14.0 Å². The number of carbonyl (C=O) groups is 2. The summed E-state index contributed by atoms with van der Waals surface area (Å²) < 4.78 is 12.4. The number of para-hydroxylation sites is 1. The first-order valence-electron chi connectivity index (χ1n) is 8.79. The molecule has 0 N–H and O–H groups in total. The molecule has 0 spiro atoms. The number of aryl methyl sites for hydroxylation is 1. The van der Waals surface area contributed by atoms with Crippen molar-refractivity contribution < 1.29 is 19.1 Å². The average molecular weight is 345 g/mol. The average Bonchev–Trinajstić information content (AvgIpc) is 2.89. The molecule has 2 rings (SSSR count). The van der Waals surface area contributed by atoms with Gasteiger partial charge in [-0.2, -0.15) is 0 Å². The lowest BCUT2D eigenvalue weighted by Gasteiger charge is -2.27. The third-order valence-corrected chi connectivity index (χ3v) is 4.45. The fourth-order valence-corrected chi connectivity index (χ4v) is 3.42. The molecule has 25 heavy (non-hydrogen) atoms. The Morgan fingerprint density at radius 1 is 1.04 bits per heavy atom. The summed E-state index contributed by atoms with van der Waals surface area (Å²) >= 11 is 0. The normalized spacial score (nSPS) is 12.6. The second-order valence-corrected chi connectivity index (χ2v) is 6.46. The quantitative estimate of drug-likeness (QED) is 0.568. The molecule has 0 fully saturated rings. The maximum atomic E-state index is 12.6. The molecular weight excluding hydrogens is 318 g/mol. The van der Waals surface area contributed by atoms with Gasteiger partial charge in [0.25, 0.3) is 0 Å². The van der Waals surface area contributed by atoms with E-state index in [0.717, 1.165) is 16.5 Å². The van der Waals surface area contributed by atoms with Gasteiger partial charge in [-0.3, -0.25) is 9.59 Å². The monoisotopic (exact) mass is 345 g/mol. The fourth-order valence-electron chi connectivity index (χ4n) is 3.42. The highest BCUT2D eigenvalue weighted by molar-refractivity contribution is 5.97. The molecule has 1 heterocycles. The Bertz CT molecular complexity index is 729. The van der Waals surface area contributed by atoms with Crippen molar-refractivity contribution in [1.29, 1.82) is 0 Å². The summed E-state index contributed by atoms with van der Waals surface area (Å²) in [5, 5.41) is 1.04. The van der Waals surface area contributed by atoms with Crippen LogP contribution in [0, 0.1) is 11.8 Å². The van der Waals surface area contributed by atoms with Crippen molar-refractivity contribution in [2.24, 2.45) is 18.9 Å². The third kappa shape index (κ3) is 3.86. The molecule has 5 heteroatoms. The Hall–Kier alpha value is -2.30. The van der Waals surface area contributed by atoms with Gasteiger partial charge in [-0.1, -0.05) is 32.0 Å². The second-order valence-electron chi connectivity index (χ2n) is 6.46. The highest BCUT2D eigenvalue weighted by Crippen LogP contribution is 2.38. The van der Waals surface area contributed by atoms with Crippen LogP contribution in [-0.2, 0) is 26.1 Å². The first kappa shape index (κ1) is 19.0. The molecule has 2 aromatic rings. The maximum Gasteiger partial charge on any atom is 0.320 e. The van der Waals surface area contributed by atoms with E-state index in [1.54, 1.807) is 13.8 Å². The van der Waals surface area contributed by atoms with Crippen LogP contribution in [0.4, 0.5) is 0 Å². The van der Waals surface area contributed by atoms with E-state index in [4.69, 9.17) is 9.47 Å². The number of benzene rings is 1. The van der Waals surface area contributed by atoms with Gasteiger partial charge in [0, 0.05) is 30.1 Å². The molecule has 0 bridgehead atoms. The van der Waals surface area contributed by atoms with Crippen molar-refractivity contribution in [2.45, 2.75) is 33.6 Å². The Morgan fingerprint density at radius 2 is 1.60 bits per heavy atom. The zero-order valence-corrected chi connectivity index (χ0v) is 15.6. The van der Waals surface area contributed by atoms with Crippen LogP contribution in [0.2, 0.25) is 0 Å². The zero-order chi connectivity index (χ0) is 18.6. The Labute approximate surface area is 148 Å². The minimum absolute atomic E-state index is 0.0598. The molecule has 5 nitrogen and oxygen atoms in total. The largest absolute Gasteiger partial charge is 0.465 e. The summed E-state index contributed by atoms with van der Waals surface area (Å²) in [6.45, 7) is 7.96.